The number of amides is 1. The predicted molar refractivity (Wildman–Crippen MR) is 150 cm³/mol. The summed E-state index contributed by atoms with van der Waals surface area (Å²) < 4.78 is 16.9. The van der Waals surface area contributed by atoms with Crippen LogP contribution in [0.15, 0.2) is 71.3 Å². The average molecular weight is 551 g/mol. The number of nitrogens with zero attached hydrogens (tertiary/aromatic N) is 2. The third-order valence-corrected chi connectivity index (χ3v) is 6.96. The van der Waals surface area contributed by atoms with Crippen molar-refractivity contribution in [1.29, 1.82) is 0 Å². The number of aliphatic carboxylic acids is 1. The van der Waals surface area contributed by atoms with Gasteiger partial charge in [-0.1, -0.05) is 30.3 Å². The lowest BCUT2D eigenvalue weighted by Gasteiger charge is -2.31. The van der Waals surface area contributed by atoms with Gasteiger partial charge in [0.25, 0.3) is 5.91 Å². The summed E-state index contributed by atoms with van der Waals surface area (Å²) >= 11 is 0. The van der Waals surface area contributed by atoms with Crippen LogP contribution in [0.2, 0.25) is 0 Å². The molecular weight excluding hydrogens is 512 g/mol. The maximum atomic E-state index is 13.8. The number of rotatable bonds is 15. The zero-order valence-electron chi connectivity index (χ0n) is 22.7. The van der Waals surface area contributed by atoms with Crippen molar-refractivity contribution < 1.29 is 33.7 Å². The van der Waals surface area contributed by atoms with Gasteiger partial charge in [0.05, 0.1) is 26.1 Å². The minimum atomic E-state index is -1.20. The van der Waals surface area contributed by atoms with Gasteiger partial charge in [-0.3, -0.25) is 14.5 Å². The first-order valence-electron chi connectivity index (χ1n) is 13.9. The fraction of sp³-hybridized carbons (Fsp3) is 0.419. The summed E-state index contributed by atoms with van der Waals surface area (Å²) in [6, 6.07) is 18.1. The molecule has 3 aromatic rings. The standard InChI is InChI=1S/C31H38N2O7/c34-29(35)11-2-1-5-20-40-28-9-4-3-8-26(28)31(37)33(17-7-16-32-18-22-38-23-19-32)30(36)25-14-12-24(13-15-25)27-10-6-21-39-27/h3-4,6,8-10,12-15,21,31,37H,1-2,5,7,11,16-20,22-23H2,(H,34,35). The third-order valence-electron chi connectivity index (χ3n) is 6.96. The van der Waals surface area contributed by atoms with Gasteiger partial charge in [-0.15, -0.1) is 0 Å². The highest BCUT2D eigenvalue weighted by Gasteiger charge is 2.27. The molecule has 1 amide bonds. The number of aliphatic hydroxyl groups is 1. The molecule has 4 rings (SSSR count). The van der Waals surface area contributed by atoms with Crippen LogP contribution in [0.5, 0.6) is 5.75 Å². The number of benzene rings is 2. The summed E-state index contributed by atoms with van der Waals surface area (Å²) in [6.07, 6.45) is 3.26. The molecular formula is C31H38N2O7. The number of para-hydroxylation sites is 1. The van der Waals surface area contributed by atoms with Crippen LogP contribution in [0.3, 0.4) is 0 Å². The topological polar surface area (TPSA) is 113 Å². The van der Waals surface area contributed by atoms with E-state index in [2.05, 4.69) is 4.90 Å². The van der Waals surface area contributed by atoms with E-state index >= 15 is 0 Å². The van der Waals surface area contributed by atoms with E-state index in [0.29, 0.717) is 62.5 Å². The third kappa shape index (κ3) is 8.42. The van der Waals surface area contributed by atoms with Crippen LogP contribution in [0.25, 0.3) is 11.3 Å². The molecule has 0 bridgehead atoms. The molecule has 1 aliphatic heterocycles. The van der Waals surface area contributed by atoms with Crippen molar-refractivity contribution in [3.05, 3.63) is 78.1 Å². The van der Waals surface area contributed by atoms with Crippen LogP contribution in [-0.4, -0.2) is 77.9 Å². The number of carbonyl (C=O) groups is 2. The van der Waals surface area contributed by atoms with Gasteiger partial charge in [0, 0.05) is 49.3 Å². The summed E-state index contributed by atoms with van der Waals surface area (Å²) in [5, 5.41) is 20.4. The van der Waals surface area contributed by atoms with Crippen LogP contribution < -0.4 is 4.74 Å². The number of carbonyl (C=O) groups excluding carboxylic acids is 1. The summed E-state index contributed by atoms with van der Waals surface area (Å²) in [6.45, 7) is 4.67. The molecule has 0 saturated carbocycles. The number of hydrogen-bond donors (Lipinski definition) is 2. The molecule has 0 aliphatic carbocycles. The summed E-state index contributed by atoms with van der Waals surface area (Å²) in [7, 11) is 0. The van der Waals surface area contributed by atoms with E-state index in [1.807, 2.05) is 36.4 Å². The minimum Gasteiger partial charge on any atom is -0.493 e. The number of unbranched alkanes of at least 4 members (excludes halogenated alkanes) is 2. The largest absolute Gasteiger partial charge is 0.493 e. The first kappa shape index (κ1) is 29.3. The normalized spacial score (nSPS) is 14.5. The number of furan rings is 1. The lowest BCUT2D eigenvalue weighted by atomic mass is 10.1. The number of carboxylic acids is 1. The van der Waals surface area contributed by atoms with Crippen molar-refractivity contribution in [3.63, 3.8) is 0 Å². The van der Waals surface area contributed by atoms with Crippen LogP contribution in [0.1, 0.15) is 54.3 Å². The van der Waals surface area contributed by atoms with Crippen molar-refractivity contribution in [3.8, 4) is 17.1 Å². The van der Waals surface area contributed by atoms with Crippen molar-refractivity contribution in [2.75, 3.05) is 46.0 Å². The second-order valence-electron chi connectivity index (χ2n) is 9.83. The van der Waals surface area contributed by atoms with E-state index in [1.165, 1.54) is 4.90 Å². The summed E-state index contributed by atoms with van der Waals surface area (Å²) in [5.41, 5.74) is 1.85. The van der Waals surface area contributed by atoms with E-state index in [4.69, 9.17) is 19.0 Å². The summed E-state index contributed by atoms with van der Waals surface area (Å²) in [4.78, 5) is 28.3. The molecule has 1 unspecified atom stereocenters. The van der Waals surface area contributed by atoms with Crippen LogP contribution in [0, 0.1) is 0 Å². The Bertz CT molecular complexity index is 1190. The fourth-order valence-electron chi connectivity index (χ4n) is 4.74. The SMILES string of the molecule is O=C(O)CCCCCOc1ccccc1C(O)N(CCCN1CCOCC1)C(=O)c1ccc(-c2ccco2)cc1. The van der Waals surface area contributed by atoms with E-state index < -0.39 is 12.2 Å². The highest BCUT2D eigenvalue weighted by atomic mass is 16.5. The second kappa shape index (κ2) is 15.2. The Hall–Kier alpha value is -3.66. The molecule has 1 aromatic heterocycles. The molecule has 2 aromatic carbocycles. The summed E-state index contributed by atoms with van der Waals surface area (Å²) in [5.74, 6) is 0.148. The van der Waals surface area contributed by atoms with E-state index in [0.717, 1.165) is 37.4 Å². The van der Waals surface area contributed by atoms with Crippen molar-refractivity contribution >= 4 is 11.9 Å². The fourth-order valence-corrected chi connectivity index (χ4v) is 4.74. The lowest BCUT2D eigenvalue weighted by molar-refractivity contribution is -0.137. The van der Waals surface area contributed by atoms with Gasteiger partial charge < -0.3 is 29.0 Å². The molecule has 9 nitrogen and oxygen atoms in total. The monoisotopic (exact) mass is 550 g/mol. The first-order valence-corrected chi connectivity index (χ1v) is 13.9. The Morgan fingerprint density at radius 2 is 1.73 bits per heavy atom. The maximum absolute atomic E-state index is 13.8. The minimum absolute atomic E-state index is 0.138. The highest BCUT2D eigenvalue weighted by Crippen LogP contribution is 2.30. The molecule has 9 heteroatoms. The first-order chi connectivity index (χ1) is 19.5. The second-order valence-corrected chi connectivity index (χ2v) is 9.83. The Kier molecular flexibility index (Phi) is 11.2. The Morgan fingerprint density at radius 1 is 0.950 bits per heavy atom. The van der Waals surface area contributed by atoms with Crippen molar-refractivity contribution in [1.82, 2.24) is 9.80 Å². The Balaban J connectivity index is 1.46. The molecule has 2 N–H and O–H groups in total. The zero-order chi connectivity index (χ0) is 28.2. The molecule has 0 spiro atoms. The van der Waals surface area contributed by atoms with Crippen molar-refractivity contribution in [2.24, 2.45) is 0 Å². The molecule has 1 saturated heterocycles. The van der Waals surface area contributed by atoms with Crippen molar-refractivity contribution in [2.45, 2.75) is 38.3 Å². The van der Waals surface area contributed by atoms with Gasteiger partial charge in [-0.25, -0.2) is 0 Å². The molecule has 0 radical (unpaired) electrons. The van der Waals surface area contributed by atoms with E-state index in [-0.39, 0.29) is 12.3 Å². The van der Waals surface area contributed by atoms with Gasteiger partial charge in [-0.2, -0.15) is 0 Å². The molecule has 2 heterocycles. The molecule has 1 atom stereocenters. The van der Waals surface area contributed by atoms with Gasteiger partial charge in [0.2, 0.25) is 0 Å². The quantitative estimate of drug-likeness (QED) is 0.205. The van der Waals surface area contributed by atoms with Crippen LogP contribution in [0.4, 0.5) is 0 Å². The number of ether oxygens (including phenoxy) is 2. The smallest absolute Gasteiger partial charge is 0.303 e. The molecule has 214 valence electrons. The molecule has 40 heavy (non-hydrogen) atoms. The average Bonchev–Trinajstić information content (AvgIpc) is 3.52. The number of morpholine rings is 1. The number of hydrogen-bond acceptors (Lipinski definition) is 7. The lowest BCUT2D eigenvalue weighted by Crippen LogP contribution is -2.40. The van der Waals surface area contributed by atoms with Gasteiger partial charge in [0.15, 0.2) is 6.23 Å². The van der Waals surface area contributed by atoms with E-state index in [1.54, 1.807) is 30.5 Å². The van der Waals surface area contributed by atoms with Gasteiger partial charge in [0.1, 0.15) is 11.5 Å². The van der Waals surface area contributed by atoms with Crippen LogP contribution in [-0.2, 0) is 9.53 Å². The Labute approximate surface area is 234 Å². The Morgan fingerprint density at radius 3 is 2.45 bits per heavy atom. The zero-order valence-corrected chi connectivity index (χ0v) is 22.7. The molecule has 1 fully saturated rings. The maximum Gasteiger partial charge on any atom is 0.303 e. The number of aliphatic hydroxyl groups excluding tert-OH is 1. The molecule has 1 aliphatic rings. The number of carboxylic acid groups (broad SMARTS) is 1. The predicted octanol–water partition coefficient (Wildman–Crippen LogP) is 4.83. The van der Waals surface area contributed by atoms with Gasteiger partial charge in [-0.05, 0) is 56.0 Å². The van der Waals surface area contributed by atoms with Gasteiger partial charge >= 0.3 is 5.97 Å². The highest BCUT2D eigenvalue weighted by molar-refractivity contribution is 5.95. The van der Waals surface area contributed by atoms with Crippen LogP contribution >= 0.6 is 0 Å². The van der Waals surface area contributed by atoms with E-state index in [9.17, 15) is 14.7 Å².